The fourth-order valence-electron chi connectivity index (χ4n) is 1.35. The van der Waals surface area contributed by atoms with Gasteiger partial charge in [0.1, 0.15) is 5.54 Å². The summed E-state index contributed by atoms with van der Waals surface area (Å²) in [5, 5.41) is 8.78. The van der Waals surface area contributed by atoms with Crippen molar-refractivity contribution in [3.8, 4) is 0 Å². The van der Waals surface area contributed by atoms with Crippen LogP contribution >= 0.6 is 0 Å². The van der Waals surface area contributed by atoms with Gasteiger partial charge in [-0.05, 0) is 31.0 Å². The van der Waals surface area contributed by atoms with Crippen molar-refractivity contribution in [3.05, 3.63) is 41.5 Å². The summed E-state index contributed by atoms with van der Waals surface area (Å²) in [6.45, 7) is 1.34. The zero-order valence-electron chi connectivity index (χ0n) is 10.2. The van der Waals surface area contributed by atoms with E-state index in [2.05, 4.69) is 0 Å². The molecule has 0 aliphatic carbocycles. The molecule has 0 bridgehead atoms. The summed E-state index contributed by atoms with van der Waals surface area (Å²) >= 11 is 0. The van der Waals surface area contributed by atoms with Gasteiger partial charge in [0.15, 0.2) is 0 Å². The molecule has 1 aromatic rings. The Morgan fingerprint density at radius 1 is 1.42 bits per heavy atom. The molecular formula is C13H14F3NO2. The molecule has 1 atom stereocenters. The number of carboxylic acids is 1. The van der Waals surface area contributed by atoms with Crippen molar-refractivity contribution in [1.82, 2.24) is 0 Å². The van der Waals surface area contributed by atoms with E-state index in [-0.39, 0.29) is 6.42 Å². The Morgan fingerprint density at radius 2 is 2.05 bits per heavy atom. The number of nitrogens with two attached hydrogens (primary N) is 1. The minimum Gasteiger partial charge on any atom is -0.480 e. The van der Waals surface area contributed by atoms with E-state index < -0.39 is 23.2 Å². The normalized spacial score (nSPS) is 15.4. The Kier molecular flexibility index (Phi) is 4.36. The third-order valence-electron chi connectivity index (χ3n) is 2.55. The average Bonchev–Trinajstić information content (AvgIpc) is 2.28. The van der Waals surface area contributed by atoms with Crippen LogP contribution in [-0.4, -0.2) is 16.6 Å². The van der Waals surface area contributed by atoms with Crippen LogP contribution < -0.4 is 5.73 Å². The third kappa shape index (κ3) is 4.40. The fraction of sp³-hybridized carbons (Fsp3) is 0.308. The molecule has 0 saturated carbocycles. The smallest absolute Gasteiger partial charge is 0.416 e. The van der Waals surface area contributed by atoms with Gasteiger partial charge in [-0.2, -0.15) is 13.2 Å². The predicted octanol–water partition coefficient (Wildman–Crippen LogP) is 2.91. The largest absolute Gasteiger partial charge is 0.480 e. The van der Waals surface area contributed by atoms with Crippen LogP contribution in [0.2, 0.25) is 0 Å². The minimum absolute atomic E-state index is 0.0264. The molecule has 0 amide bonds. The number of halogens is 3. The van der Waals surface area contributed by atoms with E-state index >= 15 is 0 Å². The summed E-state index contributed by atoms with van der Waals surface area (Å²) < 4.78 is 37.4. The number of aliphatic carboxylic acids is 1. The number of rotatable bonds is 4. The van der Waals surface area contributed by atoms with Crippen molar-refractivity contribution in [2.75, 3.05) is 0 Å². The second kappa shape index (κ2) is 5.44. The first kappa shape index (κ1) is 15.2. The monoisotopic (exact) mass is 273 g/mol. The van der Waals surface area contributed by atoms with E-state index in [1.807, 2.05) is 0 Å². The molecule has 0 aliphatic heterocycles. The highest BCUT2D eigenvalue weighted by molar-refractivity contribution is 5.78. The maximum Gasteiger partial charge on any atom is 0.416 e. The molecule has 0 fully saturated rings. The van der Waals surface area contributed by atoms with Crippen molar-refractivity contribution >= 4 is 12.0 Å². The molecule has 3 nitrogen and oxygen atoms in total. The minimum atomic E-state index is -4.40. The second-order valence-corrected chi connectivity index (χ2v) is 4.45. The fourth-order valence-corrected chi connectivity index (χ4v) is 1.35. The lowest BCUT2D eigenvalue weighted by atomic mass is 9.99. The van der Waals surface area contributed by atoms with Crippen molar-refractivity contribution in [1.29, 1.82) is 0 Å². The van der Waals surface area contributed by atoms with Crippen LogP contribution in [0, 0.1) is 0 Å². The van der Waals surface area contributed by atoms with Crippen LogP contribution in [0.25, 0.3) is 6.08 Å². The highest BCUT2D eigenvalue weighted by Gasteiger charge is 2.30. The standard InChI is InChI=1S/C13H14F3NO2/c1-12(17,11(18)19)7-3-5-9-4-2-6-10(8-9)13(14,15)16/h2-6,8H,7,17H2,1H3,(H,18,19)/b5-3+/t12-/m0/s1. The molecule has 0 unspecified atom stereocenters. The Morgan fingerprint density at radius 3 is 2.58 bits per heavy atom. The van der Waals surface area contributed by atoms with E-state index in [4.69, 9.17) is 10.8 Å². The Balaban J connectivity index is 2.81. The van der Waals surface area contributed by atoms with Gasteiger partial charge < -0.3 is 10.8 Å². The number of benzene rings is 1. The summed E-state index contributed by atoms with van der Waals surface area (Å²) in [4.78, 5) is 10.7. The van der Waals surface area contributed by atoms with Gasteiger partial charge in [-0.1, -0.05) is 24.3 Å². The van der Waals surface area contributed by atoms with Crippen LogP contribution in [-0.2, 0) is 11.0 Å². The molecule has 0 spiro atoms. The summed E-state index contributed by atoms with van der Waals surface area (Å²) in [7, 11) is 0. The van der Waals surface area contributed by atoms with Crippen LogP contribution in [0.5, 0.6) is 0 Å². The molecule has 0 aliphatic rings. The van der Waals surface area contributed by atoms with Crippen molar-refractivity contribution < 1.29 is 23.1 Å². The Hall–Kier alpha value is -1.82. The number of carboxylic acid groups (broad SMARTS) is 1. The van der Waals surface area contributed by atoms with Crippen molar-refractivity contribution in [2.24, 2.45) is 5.73 Å². The quantitative estimate of drug-likeness (QED) is 0.886. The lowest BCUT2D eigenvalue weighted by Gasteiger charge is -2.16. The number of hydrogen-bond acceptors (Lipinski definition) is 2. The maximum atomic E-state index is 12.5. The average molecular weight is 273 g/mol. The van der Waals surface area contributed by atoms with Crippen LogP contribution in [0.15, 0.2) is 30.3 Å². The topological polar surface area (TPSA) is 63.3 Å². The molecule has 0 saturated heterocycles. The molecular weight excluding hydrogens is 259 g/mol. The van der Waals surface area contributed by atoms with Gasteiger partial charge in [-0.25, -0.2) is 0 Å². The van der Waals surface area contributed by atoms with Crippen molar-refractivity contribution in [3.63, 3.8) is 0 Å². The molecule has 0 radical (unpaired) electrons. The van der Waals surface area contributed by atoms with Gasteiger partial charge in [0.05, 0.1) is 5.56 Å². The highest BCUT2D eigenvalue weighted by Crippen LogP contribution is 2.29. The molecule has 3 N–H and O–H groups in total. The van der Waals surface area contributed by atoms with Gasteiger partial charge in [0.2, 0.25) is 0 Å². The molecule has 19 heavy (non-hydrogen) atoms. The van der Waals surface area contributed by atoms with Crippen LogP contribution in [0.3, 0.4) is 0 Å². The van der Waals surface area contributed by atoms with Gasteiger partial charge >= 0.3 is 12.1 Å². The zero-order valence-corrected chi connectivity index (χ0v) is 10.2. The van der Waals surface area contributed by atoms with Crippen molar-refractivity contribution in [2.45, 2.75) is 25.1 Å². The summed E-state index contributed by atoms with van der Waals surface area (Å²) in [5.74, 6) is -1.17. The molecule has 1 rings (SSSR count). The van der Waals surface area contributed by atoms with Gasteiger partial charge in [-0.3, -0.25) is 4.79 Å². The summed E-state index contributed by atoms with van der Waals surface area (Å²) in [6.07, 6.45) is -1.50. The third-order valence-corrected chi connectivity index (χ3v) is 2.55. The number of carbonyl (C=O) groups is 1. The highest BCUT2D eigenvalue weighted by atomic mass is 19.4. The maximum absolute atomic E-state index is 12.5. The first-order valence-corrected chi connectivity index (χ1v) is 5.49. The lowest BCUT2D eigenvalue weighted by molar-refractivity contribution is -0.142. The van der Waals surface area contributed by atoms with Gasteiger partial charge in [0.25, 0.3) is 0 Å². The lowest BCUT2D eigenvalue weighted by Crippen LogP contribution is -2.44. The summed E-state index contributed by atoms with van der Waals surface area (Å²) in [6, 6.07) is 4.76. The summed E-state index contributed by atoms with van der Waals surface area (Å²) in [5.41, 5.74) is 3.66. The Bertz CT molecular complexity index is 493. The molecule has 0 aromatic heterocycles. The van der Waals surface area contributed by atoms with E-state index in [1.165, 1.54) is 31.2 Å². The molecule has 0 heterocycles. The molecule has 6 heteroatoms. The van der Waals surface area contributed by atoms with Gasteiger partial charge in [-0.15, -0.1) is 0 Å². The second-order valence-electron chi connectivity index (χ2n) is 4.45. The SMILES string of the molecule is C[C@](N)(C/C=C/c1cccc(C(F)(F)F)c1)C(=O)O. The first-order valence-electron chi connectivity index (χ1n) is 5.49. The Labute approximate surface area is 108 Å². The van der Waals surface area contributed by atoms with E-state index in [0.717, 1.165) is 12.1 Å². The van der Waals surface area contributed by atoms with Crippen LogP contribution in [0.1, 0.15) is 24.5 Å². The van der Waals surface area contributed by atoms with E-state index in [1.54, 1.807) is 0 Å². The number of hydrogen-bond donors (Lipinski definition) is 2. The predicted molar refractivity (Wildman–Crippen MR) is 65.3 cm³/mol. The van der Waals surface area contributed by atoms with E-state index in [9.17, 15) is 18.0 Å². The molecule has 104 valence electrons. The molecule has 1 aromatic carbocycles. The zero-order chi connectivity index (χ0) is 14.7. The van der Waals surface area contributed by atoms with Gasteiger partial charge in [0, 0.05) is 0 Å². The van der Waals surface area contributed by atoms with Crippen LogP contribution in [0.4, 0.5) is 13.2 Å². The number of alkyl halides is 3. The first-order chi connectivity index (χ1) is 8.63. The van der Waals surface area contributed by atoms with E-state index in [0.29, 0.717) is 5.56 Å².